The van der Waals surface area contributed by atoms with Gasteiger partial charge in [-0.2, -0.15) is 0 Å². The predicted molar refractivity (Wildman–Crippen MR) is 82.8 cm³/mol. The highest BCUT2D eigenvalue weighted by atomic mass is 16.5. The van der Waals surface area contributed by atoms with Crippen LogP contribution in [0.15, 0.2) is 0 Å². The van der Waals surface area contributed by atoms with Crippen LogP contribution < -0.4 is 0 Å². The van der Waals surface area contributed by atoms with Gasteiger partial charge in [-0.05, 0) is 62.9 Å². The molecule has 1 atom stereocenters. The Kier molecular flexibility index (Phi) is 5.88. The number of β-amino-alcohol motifs (C(OH)–C–C–N with tert-alkyl or cyclic N) is 1. The van der Waals surface area contributed by atoms with E-state index in [4.69, 9.17) is 4.74 Å². The first-order chi connectivity index (χ1) is 9.45. The van der Waals surface area contributed by atoms with Crippen molar-refractivity contribution in [3.8, 4) is 0 Å². The van der Waals surface area contributed by atoms with E-state index in [1.165, 1.54) is 38.5 Å². The van der Waals surface area contributed by atoms with Gasteiger partial charge in [0.05, 0.1) is 18.8 Å². The minimum absolute atomic E-state index is 0.312. The lowest BCUT2D eigenvalue weighted by Gasteiger charge is -2.37. The molecule has 1 heterocycles. The maximum absolute atomic E-state index is 10.1. The SMILES string of the molecule is CC(C)(C)C1CCC(OC[C@@H](O)CN2CCCC2)CC1. The van der Waals surface area contributed by atoms with Crippen molar-refractivity contribution in [3.63, 3.8) is 0 Å². The fraction of sp³-hybridized carbons (Fsp3) is 1.00. The summed E-state index contributed by atoms with van der Waals surface area (Å²) in [7, 11) is 0. The second-order valence-electron chi connectivity index (χ2n) is 7.83. The van der Waals surface area contributed by atoms with Gasteiger partial charge in [0.2, 0.25) is 0 Å². The van der Waals surface area contributed by atoms with Crippen LogP contribution in [0.1, 0.15) is 59.3 Å². The lowest BCUT2D eigenvalue weighted by molar-refractivity contribution is -0.0429. The normalized spacial score (nSPS) is 30.6. The third-order valence-electron chi connectivity index (χ3n) is 5.09. The van der Waals surface area contributed by atoms with Crippen LogP contribution in [-0.2, 0) is 4.74 Å². The number of aliphatic hydroxyl groups is 1. The molecule has 3 heteroatoms. The summed E-state index contributed by atoms with van der Waals surface area (Å²) in [5.74, 6) is 0.830. The molecular formula is C17H33NO2. The molecule has 1 saturated heterocycles. The summed E-state index contributed by atoms with van der Waals surface area (Å²) in [6.45, 7) is 10.6. The number of hydrogen-bond acceptors (Lipinski definition) is 3. The Hall–Kier alpha value is -0.120. The Morgan fingerprint density at radius 1 is 1.10 bits per heavy atom. The molecular weight excluding hydrogens is 250 g/mol. The van der Waals surface area contributed by atoms with Gasteiger partial charge in [0, 0.05) is 6.54 Å². The molecule has 1 saturated carbocycles. The summed E-state index contributed by atoms with van der Waals surface area (Å²) in [6.07, 6.45) is 7.51. The largest absolute Gasteiger partial charge is 0.389 e. The van der Waals surface area contributed by atoms with Gasteiger partial charge in [-0.3, -0.25) is 0 Å². The topological polar surface area (TPSA) is 32.7 Å². The van der Waals surface area contributed by atoms with Gasteiger partial charge in [0.1, 0.15) is 0 Å². The fourth-order valence-electron chi connectivity index (χ4n) is 3.66. The first-order valence-electron chi connectivity index (χ1n) is 8.47. The average molecular weight is 283 g/mol. The number of nitrogens with zero attached hydrogens (tertiary/aromatic N) is 1. The molecule has 3 nitrogen and oxygen atoms in total. The van der Waals surface area contributed by atoms with Crippen molar-refractivity contribution >= 4 is 0 Å². The van der Waals surface area contributed by atoms with Crippen LogP contribution in [0.4, 0.5) is 0 Å². The van der Waals surface area contributed by atoms with Gasteiger partial charge in [0.15, 0.2) is 0 Å². The molecule has 0 aromatic heterocycles. The van der Waals surface area contributed by atoms with Crippen molar-refractivity contribution < 1.29 is 9.84 Å². The predicted octanol–water partition coefficient (Wildman–Crippen LogP) is 3.06. The Morgan fingerprint density at radius 3 is 2.25 bits per heavy atom. The number of rotatable bonds is 5. The highest BCUT2D eigenvalue weighted by molar-refractivity contribution is 4.81. The quantitative estimate of drug-likeness (QED) is 0.841. The van der Waals surface area contributed by atoms with Crippen molar-refractivity contribution in [2.24, 2.45) is 11.3 Å². The van der Waals surface area contributed by atoms with Crippen LogP contribution in [-0.4, -0.2) is 48.5 Å². The molecule has 1 aliphatic heterocycles. The standard InChI is InChI=1S/C17H33NO2/c1-17(2,3)14-6-8-16(9-7-14)20-13-15(19)12-18-10-4-5-11-18/h14-16,19H,4-13H2,1-3H3/t14?,15-,16?/m0/s1. The van der Waals surface area contributed by atoms with Gasteiger partial charge < -0.3 is 14.7 Å². The van der Waals surface area contributed by atoms with Crippen molar-refractivity contribution in [1.82, 2.24) is 4.90 Å². The fourth-order valence-corrected chi connectivity index (χ4v) is 3.66. The van der Waals surface area contributed by atoms with Gasteiger partial charge in [0.25, 0.3) is 0 Å². The monoisotopic (exact) mass is 283 g/mol. The van der Waals surface area contributed by atoms with Crippen LogP contribution in [0, 0.1) is 11.3 Å². The molecule has 0 amide bonds. The average Bonchev–Trinajstić information content (AvgIpc) is 2.88. The molecule has 0 spiro atoms. The van der Waals surface area contributed by atoms with E-state index in [-0.39, 0.29) is 6.10 Å². The molecule has 0 aromatic carbocycles. The van der Waals surface area contributed by atoms with E-state index in [0.717, 1.165) is 25.6 Å². The van der Waals surface area contributed by atoms with Gasteiger partial charge in [-0.1, -0.05) is 20.8 Å². The molecule has 0 aromatic rings. The smallest absolute Gasteiger partial charge is 0.0900 e. The van der Waals surface area contributed by atoms with E-state index >= 15 is 0 Å². The number of aliphatic hydroxyl groups excluding tert-OH is 1. The van der Waals surface area contributed by atoms with Crippen LogP contribution >= 0.6 is 0 Å². The number of hydrogen-bond donors (Lipinski definition) is 1. The Balaban J connectivity index is 1.60. The molecule has 1 aliphatic carbocycles. The summed E-state index contributed by atoms with van der Waals surface area (Å²) in [5.41, 5.74) is 0.431. The molecule has 0 radical (unpaired) electrons. The molecule has 2 rings (SSSR count). The molecule has 2 fully saturated rings. The van der Waals surface area contributed by atoms with Crippen LogP contribution in [0.25, 0.3) is 0 Å². The maximum Gasteiger partial charge on any atom is 0.0900 e. The summed E-state index contributed by atoms with van der Waals surface area (Å²) in [6, 6.07) is 0. The van der Waals surface area contributed by atoms with E-state index in [0.29, 0.717) is 18.1 Å². The Labute approximate surface area is 124 Å². The third kappa shape index (κ3) is 5.01. The van der Waals surface area contributed by atoms with Gasteiger partial charge in [-0.15, -0.1) is 0 Å². The van der Waals surface area contributed by atoms with Gasteiger partial charge in [-0.25, -0.2) is 0 Å². The van der Waals surface area contributed by atoms with E-state index in [2.05, 4.69) is 25.7 Å². The van der Waals surface area contributed by atoms with E-state index in [1.54, 1.807) is 0 Å². The van der Waals surface area contributed by atoms with Crippen LogP contribution in [0.3, 0.4) is 0 Å². The summed E-state index contributed by atoms with van der Waals surface area (Å²) in [5, 5.41) is 10.1. The number of likely N-dealkylation sites (tertiary alicyclic amines) is 1. The molecule has 1 N–H and O–H groups in total. The maximum atomic E-state index is 10.1. The van der Waals surface area contributed by atoms with E-state index < -0.39 is 0 Å². The summed E-state index contributed by atoms with van der Waals surface area (Å²) in [4.78, 5) is 2.35. The first kappa shape index (κ1) is 16.3. The van der Waals surface area contributed by atoms with Crippen molar-refractivity contribution in [1.29, 1.82) is 0 Å². The lowest BCUT2D eigenvalue weighted by Crippen LogP contribution is -2.35. The minimum atomic E-state index is -0.312. The third-order valence-corrected chi connectivity index (χ3v) is 5.09. The van der Waals surface area contributed by atoms with Gasteiger partial charge >= 0.3 is 0 Å². The second kappa shape index (κ2) is 7.24. The zero-order chi connectivity index (χ0) is 14.6. The zero-order valence-corrected chi connectivity index (χ0v) is 13.6. The molecule has 0 bridgehead atoms. The number of ether oxygens (including phenoxy) is 1. The van der Waals surface area contributed by atoms with Crippen molar-refractivity contribution in [2.75, 3.05) is 26.2 Å². The first-order valence-corrected chi connectivity index (χ1v) is 8.47. The highest BCUT2D eigenvalue weighted by Gasteiger charge is 2.30. The van der Waals surface area contributed by atoms with Crippen molar-refractivity contribution in [3.05, 3.63) is 0 Å². The summed E-state index contributed by atoms with van der Waals surface area (Å²) >= 11 is 0. The van der Waals surface area contributed by atoms with Crippen molar-refractivity contribution in [2.45, 2.75) is 71.5 Å². The summed E-state index contributed by atoms with van der Waals surface area (Å²) < 4.78 is 5.94. The van der Waals surface area contributed by atoms with E-state index in [9.17, 15) is 5.11 Å². The zero-order valence-electron chi connectivity index (χ0n) is 13.6. The molecule has 2 aliphatic rings. The Bertz CT molecular complexity index is 273. The molecule has 0 unspecified atom stereocenters. The van der Waals surface area contributed by atoms with Crippen LogP contribution in [0.2, 0.25) is 0 Å². The van der Waals surface area contributed by atoms with E-state index in [1.807, 2.05) is 0 Å². The lowest BCUT2D eigenvalue weighted by atomic mass is 9.72. The molecule has 20 heavy (non-hydrogen) atoms. The second-order valence-corrected chi connectivity index (χ2v) is 7.83. The minimum Gasteiger partial charge on any atom is -0.389 e. The highest BCUT2D eigenvalue weighted by Crippen LogP contribution is 2.38. The van der Waals surface area contributed by atoms with Crippen LogP contribution in [0.5, 0.6) is 0 Å². The Morgan fingerprint density at radius 2 is 1.70 bits per heavy atom. The molecule has 118 valence electrons.